The summed E-state index contributed by atoms with van der Waals surface area (Å²) in [4.78, 5) is 27.7. The van der Waals surface area contributed by atoms with Crippen molar-refractivity contribution in [2.45, 2.75) is 38.1 Å². The van der Waals surface area contributed by atoms with Crippen LogP contribution in [0.2, 0.25) is 5.02 Å². The zero-order valence-corrected chi connectivity index (χ0v) is 26.8. The third kappa shape index (κ3) is 6.10. The smallest absolute Gasteiger partial charge is 0.319 e. The number of carbonyl (C=O) groups excluding carboxylic acids is 1. The minimum Gasteiger partial charge on any atom is -0.463 e. The Morgan fingerprint density at radius 1 is 1.06 bits per heavy atom. The third-order valence-corrected chi connectivity index (χ3v) is 10.0. The van der Waals surface area contributed by atoms with Crippen LogP contribution in [0.1, 0.15) is 32.1 Å². The number of piperazine rings is 1. The lowest BCUT2D eigenvalue weighted by Crippen LogP contribution is -2.55. The summed E-state index contributed by atoms with van der Waals surface area (Å²) in [6, 6.07) is 16.3. The number of halogens is 3. The fourth-order valence-electron chi connectivity index (χ4n) is 7.07. The molecule has 242 valence electrons. The predicted molar refractivity (Wildman–Crippen MR) is 178 cm³/mol. The van der Waals surface area contributed by atoms with Gasteiger partial charge in [0, 0.05) is 53.0 Å². The van der Waals surface area contributed by atoms with E-state index in [9.17, 15) is 14.4 Å². The number of nitriles is 1. The van der Waals surface area contributed by atoms with Crippen LogP contribution in [0.5, 0.6) is 6.01 Å². The summed E-state index contributed by atoms with van der Waals surface area (Å²) in [6.07, 6.45) is 4.51. The zero-order chi connectivity index (χ0) is 32.7. The van der Waals surface area contributed by atoms with E-state index in [1.54, 1.807) is 18.2 Å². The molecule has 7 rings (SSSR count). The topological polar surface area (TPSA) is 85.6 Å². The first-order valence-corrected chi connectivity index (χ1v) is 16.4. The van der Waals surface area contributed by atoms with Crippen LogP contribution in [0.4, 0.5) is 14.6 Å². The lowest BCUT2D eigenvalue weighted by Gasteiger charge is -2.41. The van der Waals surface area contributed by atoms with E-state index in [2.05, 4.69) is 22.5 Å². The second-order valence-electron chi connectivity index (χ2n) is 12.9. The van der Waals surface area contributed by atoms with Crippen LogP contribution in [0, 0.1) is 22.6 Å². The standard InChI is InChI=1S/C36H35ClF2N6O2/c1-23(38)34(46)45-19-18-44(20-25(45)12-15-40)33-28-11-10-27(26-8-4-6-24-7-5-9-29(37)30(24)26)31(39)32(28)41-35(42-33)47-22-36(13-14-36)21-43-16-2-3-17-43/h4-11,25H,1-3,12-14,16-22H2/t25-/m0/s1. The Labute approximate surface area is 277 Å². The molecule has 0 N–H and O–H groups in total. The van der Waals surface area contributed by atoms with Crippen LogP contribution in [-0.4, -0.2) is 77.6 Å². The van der Waals surface area contributed by atoms with Gasteiger partial charge in [0.25, 0.3) is 5.91 Å². The number of carbonyl (C=O) groups is 1. The number of amides is 1. The number of hydrogen-bond donors (Lipinski definition) is 0. The van der Waals surface area contributed by atoms with Crippen molar-refractivity contribution < 1.29 is 18.3 Å². The van der Waals surface area contributed by atoms with Crippen LogP contribution in [0.15, 0.2) is 60.9 Å². The number of benzene rings is 3. The number of aromatic nitrogens is 2. The molecule has 47 heavy (non-hydrogen) atoms. The largest absolute Gasteiger partial charge is 0.463 e. The lowest BCUT2D eigenvalue weighted by atomic mass is 9.96. The van der Waals surface area contributed by atoms with Crippen LogP contribution >= 0.6 is 11.6 Å². The molecule has 0 unspecified atom stereocenters. The number of hydrogen-bond acceptors (Lipinski definition) is 7. The minimum absolute atomic E-state index is 0.0126. The Morgan fingerprint density at radius 2 is 1.83 bits per heavy atom. The molecule has 3 aliphatic rings. The highest BCUT2D eigenvalue weighted by Crippen LogP contribution is 2.47. The molecule has 1 atom stereocenters. The summed E-state index contributed by atoms with van der Waals surface area (Å²) in [5.74, 6) is -2.00. The molecule has 0 bridgehead atoms. The van der Waals surface area contributed by atoms with E-state index in [4.69, 9.17) is 21.3 Å². The number of ether oxygens (including phenoxy) is 1. The van der Waals surface area contributed by atoms with Crippen molar-refractivity contribution in [1.82, 2.24) is 19.8 Å². The average Bonchev–Trinajstić information content (AvgIpc) is 3.64. The van der Waals surface area contributed by atoms with E-state index < -0.39 is 23.6 Å². The van der Waals surface area contributed by atoms with Gasteiger partial charge in [0.1, 0.15) is 11.3 Å². The Kier molecular flexibility index (Phi) is 8.45. The van der Waals surface area contributed by atoms with Gasteiger partial charge in [-0.1, -0.05) is 54.6 Å². The molecule has 0 spiro atoms. The van der Waals surface area contributed by atoms with Gasteiger partial charge in [0.15, 0.2) is 11.6 Å². The third-order valence-electron chi connectivity index (χ3n) is 9.73. The van der Waals surface area contributed by atoms with Gasteiger partial charge in [-0.2, -0.15) is 15.2 Å². The van der Waals surface area contributed by atoms with Gasteiger partial charge >= 0.3 is 6.01 Å². The highest BCUT2D eigenvalue weighted by Gasteiger charge is 2.45. The fourth-order valence-corrected chi connectivity index (χ4v) is 7.35. The fraction of sp³-hybridized carbons (Fsp3) is 0.389. The van der Waals surface area contributed by atoms with E-state index in [1.807, 2.05) is 35.2 Å². The molecule has 3 heterocycles. The van der Waals surface area contributed by atoms with E-state index in [0.29, 0.717) is 34.0 Å². The first-order valence-electron chi connectivity index (χ1n) is 16.1. The van der Waals surface area contributed by atoms with E-state index >= 15 is 4.39 Å². The summed E-state index contributed by atoms with van der Waals surface area (Å²) >= 11 is 6.62. The van der Waals surface area contributed by atoms with Gasteiger partial charge < -0.3 is 19.4 Å². The quantitative estimate of drug-likeness (QED) is 0.181. The molecular weight excluding hydrogens is 622 g/mol. The van der Waals surface area contributed by atoms with Crippen LogP contribution in [0.25, 0.3) is 32.8 Å². The van der Waals surface area contributed by atoms with Crippen molar-refractivity contribution in [3.8, 4) is 23.2 Å². The second kappa shape index (κ2) is 12.7. The molecule has 11 heteroatoms. The van der Waals surface area contributed by atoms with Crippen molar-refractivity contribution in [2.75, 3.05) is 50.8 Å². The maximum Gasteiger partial charge on any atom is 0.319 e. The maximum absolute atomic E-state index is 16.8. The Morgan fingerprint density at radius 3 is 2.55 bits per heavy atom. The molecule has 3 aromatic carbocycles. The van der Waals surface area contributed by atoms with Crippen molar-refractivity contribution in [1.29, 1.82) is 5.26 Å². The van der Waals surface area contributed by atoms with Crippen LogP contribution in [0.3, 0.4) is 0 Å². The van der Waals surface area contributed by atoms with E-state index in [0.717, 1.165) is 43.2 Å². The van der Waals surface area contributed by atoms with Gasteiger partial charge in [0.2, 0.25) is 0 Å². The van der Waals surface area contributed by atoms with E-state index in [-0.39, 0.29) is 43.0 Å². The molecular formula is C36H35ClF2N6O2. The van der Waals surface area contributed by atoms with E-state index in [1.165, 1.54) is 17.7 Å². The summed E-state index contributed by atoms with van der Waals surface area (Å²) in [5, 5.41) is 12.1. The molecule has 0 radical (unpaired) electrons. The van der Waals surface area contributed by atoms with Gasteiger partial charge in [-0.3, -0.25) is 4.79 Å². The second-order valence-corrected chi connectivity index (χ2v) is 13.3. The number of likely N-dealkylation sites (tertiary alicyclic amines) is 1. The molecule has 3 fully saturated rings. The summed E-state index contributed by atoms with van der Waals surface area (Å²) in [5.41, 5.74) is 1.12. The van der Waals surface area contributed by atoms with Crippen molar-refractivity contribution >= 4 is 45.0 Å². The molecule has 1 amide bonds. The summed E-state index contributed by atoms with van der Waals surface area (Å²) < 4.78 is 36.9. The maximum atomic E-state index is 16.8. The normalized spacial score (nSPS) is 19.2. The molecule has 1 saturated carbocycles. The molecule has 1 aromatic heterocycles. The number of anilines is 1. The lowest BCUT2D eigenvalue weighted by molar-refractivity contribution is -0.131. The summed E-state index contributed by atoms with van der Waals surface area (Å²) in [7, 11) is 0. The Balaban J connectivity index is 1.29. The Bertz CT molecular complexity index is 1910. The van der Waals surface area contributed by atoms with Gasteiger partial charge in [-0.15, -0.1) is 0 Å². The number of rotatable bonds is 9. The van der Waals surface area contributed by atoms with Crippen molar-refractivity contribution in [2.24, 2.45) is 5.41 Å². The average molecular weight is 657 g/mol. The zero-order valence-electron chi connectivity index (χ0n) is 26.0. The number of nitrogens with zero attached hydrogens (tertiary/aromatic N) is 6. The monoisotopic (exact) mass is 656 g/mol. The summed E-state index contributed by atoms with van der Waals surface area (Å²) in [6.45, 7) is 7.35. The van der Waals surface area contributed by atoms with Crippen molar-refractivity contribution in [3.05, 3.63) is 71.8 Å². The van der Waals surface area contributed by atoms with Gasteiger partial charge in [-0.05, 0) is 61.9 Å². The molecule has 1 aliphatic carbocycles. The minimum atomic E-state index is -1.07. The van der Waals surface area contributed by atoms with Crippen LogP contribution in [-0.2, 0) is 4.79 Å². The molecule has 2 aliphatic heterocycles. The van der Waals surface area contributed by atoms with Crippen LogP contribution < -0.4 is 9.64 Å². The molecule has 2 saturated heterocycles. The highest BCUT2D eigenvalue weighted by molar-refractivity contribution is 6.36. The molecule has 4 aromatic rings. The SMILES string of the molecule is C=C(F)C(=O)N1CCN(c2nc(OCC3(CN4CCCC4)CC3)nc3c(F)c(-c4cccc5cccc(Cl)c45)ccc23)C[C@@H]1CC#N. The van der Waals surface area contributed by atoms with Crippen molar-refractivity contribution in [3.63, 3.8) is 0 Å². The Hall–Kier alpha value is -4.33. The predicted octanol–water partition coefficient (Wildman–Crippen LogP) is 6.91. The first-order chi connectivity index (χ1) is 22.8. The van der Waals surface area contributed by atoms with Gasteiger partial charge in [-0.25, -0.2) is 8.78 Å². The molecule has 8 nitrogen and oxygen atoms in total. The van der Waals surface area contributed by atoms with Gasteiger partial charge in [0.05, 0.1) is 25.1 Å². The number of fused-ring (bicyclic) bond motifs is 2. The highest BCUT2D eigenvalue weighted by atomic mass is 35.5. The first kappa shape index (κ1) is 31.3.